The second-order valence-electron chi connectivity index (χ2n) is 8.56. The van der Waals surface area contributed by atoms with E-state index in [1.165, 1.54) is 12.7 Å². The van der Waals surface area contributed by atoms with Crippen molar-refractivity contribution >= 4 is 17.6 Å². The number of pyridine rings is 1. The Hall–Kier alpha value is -2.89. The number of methoxy groups -OCH3 is 1. The van der Waals surface area contributed by atoms with Gasteiger partial charge in [-0.1, -0.05) is 55.3 Å². The van der Waals surface area contributed by atoms with E-state index in [2.05, 4.69) is 45.0 Å². The van der Waals surface area contributed by atoms with E-state index in [1.54, 1.807) is 18.2 Å². The lowest BCUT2D eigenvalue weighted by atomic mass is 9.90. The standard InChI is InChI=1S/C27H31ClN2O3/c1-16(2)12-24-22(14-29)26(19-8-6-17(3)7-9-19)23(18(4)30-24)15-33-25-11-10-20(28)13-21(25)27(31)32-5/h6-11,13,16H,12,14-15,29H2,1-5H3. The lowest BCUT2D eigenvalue weighted by Gasteiger charge is -2.22. The number of rotatable bonds is 8. The molecule has 0 unspecified atom stereocenters. The van der Waals surface area contributed by atoms with E-state index in [0.717, 1.165) is 40.1 Å². The molecule has 174 valence electrons. The van der Waals surface area contributed by atoms with Gasteiger partial charge in [-0.2, -0.15) is 0 Å². The Morgan fingerprint density at radius 3 is 2.39 bits per heavy atom. The smallest absolute Gasteiger partial charge is 0.341 e. The number of esters is 1. The Balaban J connectivity index is 2.12. The van der Waals surface area contributed by atoms with Gasteiger partial charge in [0.1, 0.15) is 17.9 Å². The molecule has 6 heteroatoms. The molecule has 5 nitrogen and oxygen atoms in total. The molecule has 2 aromatic carbocycles. The summed E-state index contributed by atoms with van der Waals surface area (Å²) in [4.78, 5) is 17.2. The van der Waals surface area contributed by atoms with Gasteiger partial charge < -0.3 is 15.2 Å². The summed E-state index contributed by atoms with van der Waals surface area (Å²) in [6.45, 7) is 9.00. The van der Waals surface area contributed by atoms with Crippen LogP contribution in [0.5, 0.6) is 5.75 Å². The first-order chi connectivity index (χ1) is 15.7. The lowest BCUT2D eigenvalue weighted by molar-refractivity contribution is 0.0595. The van der Waals surface area contributed by atoms with Crippen molar-refractivity contribution in [3.63, 3.8) is 0 Å². The molecule has 0 aliphatic carbocycles. The van der Waals surface area contributed by atoms with Crippen LogP contribution in [0.1, 0.15) is 52.3 Å². The zero-order chi connectivity index (χ0) is 24.1. The average Bonchev–Trinajstić information content (AvgIpc) is 2.78. The maximum absolute atomic E-state index is 12.2. The summed E-state index contributed by atoms with van der Waals surface area (Å²) < 4.78 is 11.0. The van der Waals surface area contributed by atoms with Crippen molar-refractivity contribution < 1.29 is 14.3 Å². The quantitative estimate of drug-likeness (QED) is 0.409. The maximum atomic E-state index is 12.2. The van der Waals surface area contributed by atoms with Gasteiger partial charge in [-0.15, -0.1) is 0 Å². The number of hydrogen-bond donors (Lipinski definition) is 1. The number of carbonyl (C=O) groups excluding carboxylic acids is 1. The summed E-state index contributed by atoms with van der Waals surface area (Å²) >= 11 is 6.09. The second kappa shape index (κ2) is 10.8. The minimum atomic E-state index is -0.504. The average molecular weight is 467 g/mol. The third-order valence-electron chi connectivity index (χ3n) is 5.56. The third kappa shape index (κ3) is 5.73. The first kappa shape index (κ1) is 24.7. The number of halogens is 1. The molecule has 0 spiro atoms. The zero-order valence-electron chi connectivity index (χ0n) is 19.9. The van der Waals surface area contributed by atoms with Crippen molar-refractivity contribution in [1.29, 1.82) is 0 Å². The van der Waals surface area contributed by atoms with Crippen LogP contribution < -0.4 is 10.5 Å². The highest BCUT2D eigenvalue weighted by Gasteiger charge is 2.21. The highest BCUT2D eigenvalue weighted by Crippen LogP contribution is 2.34. The van der Waals surface area contributed by atoms with Crippen molar-refractivity contribution in [1.82, 2.24) is 4.98 Å². The van der Waals surface area contributed by atoms with Crippen LogP contribution in [0.25, 0.3) is 11.1 Å². The van der Waals surface area contributed by atoms with Crippen LogP contribution in [0, 0.1) is 19.8 Å². The summed E-state index contributed by atoms with van der Waals surface area (Å²) in [6.07, 6.45) is 0.844. The largest absolute Gasteiger partial charge is 0.488 e. The number of hydrogen-bond acceptors (Lipinski definition) is 5. The minimum absolute atomic E-state index is 0.225. The van der Waals surface area contributed by atoms with Crippen molar-refractivity contribution in [3.05, 3.63) is 81.1 Å². The monoisotopic (exact) mass is 466 g/mol. The van der Waals surface area contributed by atoms with Crippen molar-refractivity contribution in [3.8, 4) is 16.9 Å². The highest BCUT2D eigenvalue weighted by atomic mass is 35.5. The number of nitrogens with two attached hydrogens (primary N) is 1. The summed E-state index contributed by atoms with van der Waals surface area (Å²) in [5, 5.41) is 0.435. The van der Waals surface area contributed by atoms with E-state index >= 15 is 0 Å². The summed E-state index contributed by atoms with van der Waals surface area (Å²) in [7, 11) is 1.33. The second-order valence-corrected chi connectivity index (χ2v) is 9.00. The van der Waals surface area contributed by atoms with E-state index in [4.69, 9.17) is 31.8 Å². The van der Waals surface area contributed by atoms with E-state index in [0.29, 0.717) is 23.2 Å². The molecular formula is C27H31ClN2O3. The summed E-state index contributed by atoms with van der Waals surface area (Å²) in [5.41, 5.74) is 13.7. The molecule has 0 fully saturated rings. The SMILES string of the molecule is COC(=O)c1cc(Cl)ccc1OCc1c(C)nc(CC(C)C)c(CN)c1-c1ccc(C)cc1. The highest BCUT2D eigenvalue weighted by molar-refractivity contribution is 6.31. The first-order valence-corrected chi connectivity index (χ1v) is 11.4. The molecule has 0 bridgehead atoms. The van der Waals surface area contributed by atoms with Crippen molar-refractivity contribution in [2.45, 2.75) is 47.3 Å². The van der Waals surface area contributed by atoms with Gasteiger partial charge in [-0.25, -0.2) is 4.79 Å². The van der Waals surface area contributed by atoms with Crippen LogP contribution >= 0.6 is 11.6 Å². The molecule has 0 atom stereocenters. The van der Waals surface area contributed by atoms with Gasteiger partial charge >= 0.3 is 5.97 Å². The van der Waals surface area contributed by atoms with E-state index < -0.39 is 5.97 Å². The Morgan fingerprint density at radius 1 is 1.09 bits per heavy atom. The molecule has 0 aliphatic heterocycles. The van der Waals surface area contributed by atoms with E-state index in [1.807, 2.05) is 6.92 Å². The summed E-state index contributed by atoms with van der Waals surface area (Å²) in [5.74, 6) is 0.351. The number of ether oxygens (including phenoxy) is 2. The number of benzene rings is 2. The van der Waals surface area contributed by atoms with Crippen LogP contribution in [0.4, 0.5) is 0 Å². The van der Waals surface area contributed by atoms with Gasteiger partial charge in [0, 0.05) is 28.5 Å². The number of aryl methyl sites for hydroxylation is 2. The van der Waals surface area contributed by atoms with Crippen LogP contribution in [0.2, 0.25) is 5.02 Å². The lowest BCUT2D eigenvalue weighted by Crippen LogP contribution is -2.15. The maximum Gasteiger partial charge on any atom is 0.341 e. The van der Waals surface area contributed by atoms with Crippen molar-refractivity contribution in [2.24, 2.45) is 11.7 Å². The van der Waals surface area contributed by atoms with Crippen LogP contribution in [0.3, 0.4) is 0 Å². The molecule has 1 aromatic heterocycles. The van der Waals surface area contributed by atoms with Gasteiger partial charge in [0.2, 0.25) is 0 Å². The normalized spacial score (nSPS) is 11.0. The number of aromatic nitrogens is 1. The fourth-order valence-electron chi connectivity index (χ4n) is 3.91. The van der Waals surface area contributed by atoms with Crippen LogP contribution in [0.15, 0.2) is 42.5 Å². The van der Waals surface area contributed by atoms with Gasteiger partial charge in [-0.3, -0.25) is 4.98 Å². The van der Waals surface area contributed by atoms with Gasteiger partial charge in [0.05, 0.1) is 7.11 Å². The molecule has 0 radical (unpaired) electrons. The minimum Gasteiger partial charge on any atom is -0.488 e. The molecular weight excluding hydrogens is 436 g/mol. The molecule has 1 heterocycles. The van der Waals surface area contributed by atoms with E-state index in [-0.39, 0.29) is 12.2 Å². The zero-order valence-corrected chi connectivity index (χ0v) is 20.6. The Morgan fingerprint density at radius 2 is 1.79 bits per heavy atom. The molecule has 0 saturated carbocycles. The van der Waals surface area contributed by atoms with E-state index in [9.17, 15) is 4.79 Å². The van der Waals surface area contributed by atoms with Crippen molar-refractivity contribution in [2.75, 3.05) is 7.11 Å². The molecule has 2 N–H and O–H groups in total. The fourth-order valence-corrected chi connectivity index (χ4v) is 4.09. The fraction of sp³-hybridized carbons (Fsp3) is 0.333. The molecule has 3 rings (SSSR count). The Kier molecular flexibility index (Phi) is 8.11. The first-order valence-electron chi connectivity index (χ1n) is 11.0. The molecule has 0 saturated heterocycles. The van der Waals surface area contributed by atoms with Crippen LogP contribution in [-0.4, -0.2) is 18.1 Å². The molecule has 0 amide bonds. The molecule has 3 aromatic rings. The van der Waals surface area contributed by atoms with Gasteiger partial charge in [-0.05, 0) is 61.1 Å². The van der Waals surface area contributed by atoms with Gasteiger partial charge in [0.25, 0.3) is 0 Å². The Bertz CT molecular complexity index is 1140. The molecule has 0 aliphatic rings. The predicted octanol–water partition coefficient (Wildman–Crippen LogP) is 6.04. The van der Waals surface area contributed by atoms with Crippen LogP contribution in [-0.2, 0) is 24.3 Å². The Labute approximate surface area is 200 Å². The number of carbonyl (C=O) groups is 1. The predicted molar refractivity (Wildman–Crippen MR) is 133 cm³/mol. The summed E-state index contributed by atoms with van der Waals surface area (Å²) in [6, 6.07) is 13.3. The van der Waals surface area contributed by atoms with Gasteiger partial charge in [0.15, 0.2) is 0 Å². The topological polar surface area (TPSA) is 74.4 Å². The third-order valence-corrected chi connectivity index (χ3v) is 5.79. The number of nitrogens with zero attached hydrogens (tertiary/aromatic N) is 1. The molecule has 33 heavy (non-hydrogen) atoms.